The highest BCUT2D eigenvalue weighted by atomic mass is 16.2. The molecule has 2 amide bonds. The summed E-state index contributed by atoms with van der Waals surface area (Å²) in [5, 5.41) is 9.32. The number of hydrogen-bond donors (Lipinski definition) is 3. The predicted molar refractivity (Wildman–Crippen MR) is 99.5 cm³/mol. The molecule has 0 aromatic heterocycles. The lowest BCUT2D eigenvalue weighted by Crippen LogP contribution is -2.39. The van der Waals surface area contributed by atoms with Gasteiger partial charge < -0.3 is 20.9 Å². The molecule has 1 aromatic rings. The first kappa shape index (κ1) is 17.9. The second-order valence-electron chi connectivity index (χ2n) is 7.46. The second kappa shape index (κ2) is 7.97. The van der Waals surface area contributed by atoms with Gasteiger partial charge in [-0.1, -0.05) is 12.8 Å². The lowest BCUT2D eigenvalue weighted by Gasteiger charge is -2.24. The van der Waals surface area contributed by atoms with Gasteiger partial charge in [-0.05, 0) is 63.5 Å². The van der Waals surface area contributed by atoms with Gasteiger partial charge in [0.05, 0.1) is 12.6 Å². The van der Waals surface area contributed by atoms with Crippen LogP contribution in [0, 0.1) is 5.92 Å². The first-order chi connectivity index (χ1) is 12.0. The molecule has 3 atom stereocenters. The zero-order chi connectivity index (χ0) is 17.8. The third kappa shape index (κ3) is 4.80. The maximum Gasteiger partial charge on any atom is 0.241 e. The topological polar surface area (TPSA) is 73.5 Å². The van der Waals surface area contributed by atoms with Crippen LogP contribution < -0.4 is 16.0 Å². The summed E-state index contributed by atoms with van der Waals surface area (Å²) < 4.78 is 0. The Morgan fingerprint density at radius 1 is 1.08 bits per heavy atom. The van der Waals surface area contributed by atoms with Crippen molar-refractivity contribution in [3.63, 3.8) is 0 Å². The Bertz CT molecular complexity index is 600. The predicted octanol–water partition coefficient (Wildman–Crippen LogP) is 2.05. The number of nitrogens with one attached hydrogen (secondary N) is 3. The monoisotopic (exact) mass is 344 g/mol. The van der Waals surface area contributed by atoms with Crippen molar-refractivity contribution in [1.29, 1.82) is 0 Å². The number of rotatable bonds is 5. The number of nitrogens with zero attached hydrogens (tertiary/aromatic N) is 1. The second-order valence-corrected chi connectivity index (χ2v) is 7.46. The number of benzene rings is 1. The fourth-order valence-electron chi connectivity index (χ4n) is 3.88. The summed E-state index contributed by atoms with van der Waals surface area (Å²) in [7, 11) is 3.71. The van der Waals surface area contributed by atoms with Crippen LogP contribution in [0.1, 0.15) is 32.1 Å². The van der Waals surface area contributed by atoms with E-state index in [1.54, 1.807) is 0 Å². The number of amides is 2. The van der Waals surface area contributed by atoms with Crippen LogP contribution in [0.2, 0.25) is 0 Å². The van der Waals surface area contributed by atoms with Gasteiger partial charge in [-0.25, -0.2) is 0 Å². The van der Waals surface area contributed by atoms with Crippen LogP contribution in [-0.4, -0.2) is 49.4 Å². The maximum atomic E-state index is 12.5. The summed E-state index contributed by atoms with van der Waals surface area (Å²) in [6.45, 7) is 0.341. The van der Waals surface area contributed by atoms with Crippen molar-refractivity contribution in [1.82, 2.24) is 10.2 Å². The maximum absolute atomic E-state index is 12.5. The quantitative estimate of drug-likeness (QED) is 0.764. The van der Waals surface area contributed by atoms with Gasteiger partial charge in [0.1, 0.15) is 0 Å². The number of likely N-dealkylation sites (N-methyl/N-ethyl adjacent to an activating group) is 1. The van der Waals surface area contributed by atoms with Crippen molar-refractivity contribution < 1.29 is 9.59 Å². The molecule has 136 valence electrons. The molecule has 1 saturated carbocycles. The first-order valence-electron chi connectivity index (χ1n) is 9.13. The van der Waals surface area contributed by atoms with E-state index in [-0.39, 0.29) is 17.9 Å². The first-order valence-corrected chi connectivity index (χ1v) is 9.13. The van der Waals surface area contributed by atoms with Crippen molar-refractivity contribution in [2.24, 2.45) is 5.92 Å². The summed E-state index contributed by atoms with van der Waals surface area (Å²) in [4.78, 5) is 26.1. The molecule has 6 nitrogen and oxygen atoms in total. The summed E-state index contributed by atoms with van der Waals surface area (Å²) in [6, 6.07) is 7.69. The van der Waals surface area contributed by atoms with Crippen molar-refractivity contribution in [2.45, 2.75) is 44.2 Å². The number of carbonyl (C=O) groups is 2. The molecule has 3 unspecified atom stereocenters. The zero-order valence-electron chi connectivity index (χ0n) is 15.0. The molecule has 6 heteroatoms. The molecule has 1 aliphatic carbocycles. The Morgan fingerprint density at radius 3 is 2.36 bits per heavy atom. The zero-order valence-corrected chi connectivity index (χ0v) is 15.0. The number of hydrogen-bond acceptors (Lipinski definition) is 4. The number of carbonyl (C=O) groups excluding carboxylic acids is 2. The van der Waals surface area contributed by atoms with E-state index in [4.69, 9.17) is 0 Å². The molecular weight excluding hydrogens is 316 g/mol. The fraction of sp³-hybridized carbons (Fsp3) is 0.579. The molecule has 0 spiro atoms. The third-order valence-corrected chi connectivity index (χ3v) is 5.08. The van der Waals surface area contributed by atoms with Crippen molar-refractivity contribution in [3.05, 3.63) is 24.3 Å². The number of anilines is 2. The normalized spacial score (nSPS) is 25.5. The average molecular weight is 344 g/mol. The average Bonchev–Trinajstić information content (AvgIpc) is 3.00. The van der Waals surface area contributed by atoms with Gasteiger partial charge in [-0.3, -0.25) is 9.59 Å². The van der Waals surface area contributed by atoms with Crippen LogP contribution in [0.5, 0.6) is 0 Å². The van der Waals surface area contributed by atoms with Gasteiger partial charge >= 0.3 is 0 Å². The SMILES string of the molecule is CN(C)CC(=O)Nc1ccc(NC(=O)C2CC3CCCCC3N2)cc1. The van der Waals surface area contributed by atoms with Crippen molar-refractivity contribution >= 4 is 23.2 Å². The van der Waals surface area contributed by atoms with E-state index in [1.807, 2.05) is 43.3 Å². The van der Waals surface area contributed by atoms with E-state index >= 15 is 0 Å². The highest BCUT2D eigenvalue weighted by Gasteiger charge is 2.38. The summed E-state index contributed by atoms with van der Waals surface area (Å²) in [6.07, 6.45) is 5.93. The summed E-state index contributed by atoms with van der Waals surface area (Å²) in [5.74, 6) is 0.636. The lowest BCUT2D eigenvalue weighted by molar-refractivity contribution is -0.118. The highest BCUT2D eigenvalue weighted by Crippen LogP contribution is 2.33. The smallest absolute Gasteiger partial charge is 0.241 e. The molecule has 1 aliphatic heterocycles. The fourth-order valence-corrected chi connectivity index (χ4v) is 3.88. The molecular formula is C19H28N4O2. The Kier molecular flexibility index (Phi) is 5.71. The van der Waals surface area contributed by atoms with Gasteiger partial charge in [-0.15, -0.1) is 0 Å². The van der Waals surface area contributed by atoms with E-state index in [2.05, 4.69) is 16.0 Å². The van der Waals surface area contributed by atoms with Crippen molar-refractivity contribution in [2.75, 3.05) is 31.3 Å². The Balaban J connectivity index is 1.51. The number of fused-ring (bicyclic) bond motifs is 1. The third-order valence-electron chi connectivity index (χ3n) is 5.08. The summed E-state index contributed by atoms with van der Waals surface area (Å²) >= 11 is 0. The molecule has 0 bridgehead atoms. The minimum Gasteiger partial charge on any atom is -0.325 e. The van der Waals surface area contributed by atoms with Crippen molar-refractivity contribution in [3.8, 4) is 0 Å². The van der Waals surface area contributed by atoms with Gasteiger partial charge in [-0.2, -0.15) is 0 Å². The van der Waals surface area contributed by atoms with Gasteiger partial charge in [0, 0.05) is 17.4 Å². The largest absolute Gasteiger partial charge is 0.325 e. The van der Waals surface area contributed by atoms with Crippen LogP contribution in [0.4, 0.5) is 11.4 Å². The lowest BCUT2D eigenvalue weighted by atomic mass is 9.85. The molecule has 3 rings (SSSR count). The minimum atomic E-state index is -0.0902. The van der Waals surface area contributed by atoms with Crippen LogP contribution >= 0.6 is 0 Å². The van der Waals surface area contributed by atoms with Crippen LogP contribution in [0.25, 0.3) is 0 Å². The molecule has 1 heterocycles. The molecule has 1 aromatic carbocycles. The van der Waals surface area contributed by atoms with Gasteiger partial charge in [0.15, 0.2) is 0 Å². The molecule has 0 radical (unpaired) electrons. The molecule has 2 fully saturated rings. The Hall–Kier alpha value is -1.92. The van der Waals surface area contributed by atoms with Crippen LogP contribution in [0.3, 0.4) is 0 Å². The van der Waals surface area contributed by atoms with Gasteiger partial charge in [0.2, 0.25) is 11.8 Å². The van der Waals surface area contributed by atoms with E-state index < -0.39 is 0 Å². The highest BCUT2D eigenvalue weighted by molar-refractivity contribution is 5.96. The Morgan fingerprint density at radius 2 is 1.72 bits per heavy atom. The standard InChI is InChI=1S/C19H28N4O2/c1-23(2)12-18(24)20-14-7-9-15(10-8-14)21-19(25)17-11-13-5-3-4-6-16(13)22-17/h7-10,13,16-17,22H,3-6,11-12H2,1-2H3,(H,20,24)(H,21,25). The van der Waals surface area contributed by atoms with E-state index in [1.165, 1.54) is 25.7 Å². The molecule has 25 heavy (non-hydrogen) atoms. The summed E-state index contributed by atoms with van der Waals surface area (Å²) in [5.41, 5.74) is 1.49. The van der Waals surface area contributed by atoms with Crippen LogP contribution in [-0.2, 0) is 9.59 Å². The Labute approximate surface area is 149 Å². The minimum absolute atomic E-state index is 0.0405. The van der Waals surface area contributed by atoms with E-state index in [0.29, 0.717) is 18.5 Å². The van der Waals surface area contributed by atoms with E-state index in [0.717, 1.165) is 17.8 Å². The van der Waals surface area contributed by atoms with Gasteiger partial charge in [0.25, 0.3) is 0 Å². The molecule has 1 saturated heterocycles. The van der Waals surface area contributed by atoms with E-state index in [9.17, 15) is 9.59 Å². The molecule has 2 aliphatic rings. The molecule has 3 N–H and O–H groups in total. The van der Waals surface area contributed by atoms with Crippen LogP contribution in [0.15, 0.2) is 24.3 Å².